The predicted octanol–water partition coefficient (Wildman–Crippen LogP) is 2.49. The lowest BCUT2D eigenvalue weighted by atomic mass is 9.94. The number of carbonyl (C=O) groups excluding carboxylic acids is 1. The summed E-state index contributed by atoms with van der Waals surface area (Å²) in [6, 6.07) is 8.29. The number of carbonyl (C=O) groups is 1. The summed E-state index contributed by atoms with van der Waals surface area (Å²) in [7, 11) is 0. The minimum absolute atomic E-state index is 0.0157. The zero-order valence-corrected chi connectivity index (χ0v) is 14.3. The van der Waals surface area contributed by atoms with Gasteiger partial charge in [0.05, 0.1) is 45.2 Å². The van der Waals surface area contributed by atoms with E-state index in [0.717, 1.165) is 5.56 Å². The molecular formula is C19H13N3O5. The highest BCUT2D eigenvalue weighted by molar-refractivity contribution is 5.91. The van der Waals surface area contributed by atoms with Gasteiger partial charge in [0.1, 0.15) is 6.61 Å². The molecule has 8 heteroatoms. The number of non-ortho nitro benzene ring substituents is 1. The van der Waals surface area contributed by atoms with Gasteiger partial charge in [-0.3, -0.25) is 19.7 Å². The summed E-state index contributed by atoms with van der Waals surface area (Å²) in [5.74, 6) is -0.870. The summed E-state index contributed by atoms with van der Waals surface area (Å²) in [5.41, 5.74) is 3.41. The highest BCUT2D eigenvalue weighted by Crippen LogP contribution is 2.37. The van der Waals surface area contributed by atoms with E-state index in [1.165, 1.54) is 6.07 Å². The van der Waals surface area contributed by atoms with Gasteiger partial charge in [-0.1, -0.05) is 6.07 Å². The topological polar surface area (TPSA) is 104 Å². The third kappa shape index (κ3) is 2.06. The van der Waals surface area contributed by atoms with Crippen LogP contribution in [0.2, 0.25) is 0 Å². The molecule has 4 heterocycles. The lowest BCUT2D eigenvalue weighted by Gasteiger charge is -2.22. The van der Waals surface area contributed by atoms with E-state index >= 15 is 0 Å². The van der Waals surface area contributed by atoms with Crippen molar-refractivity contribution in [3.8, 4) is 11.4 Å². The Labute approximate surface area is 152 Å². The minimum atomic E-state index is -0.516. The highest BCUT2D eigenvalue weighted by atomic mass is 16.6. The molecule has 0 aliphatic carbocycles. The summed E-state index contributed by atoms with van der Waals surface area (Å²) < 4.78 is 6.69. The molecule has 1 unspecified atom stereocenters. The molecule has 2 aliphatic heterocycles. The molecule has 0 radical (unpaired) electrons. The van der Waals surface area contributed by atoms with Gasteiger partial charge in [0, 0.05) is 11.6 Å². The number of cyclic esters (lactones) is 1. The lowest BCUT2D eigenvalue weighted by molar-refractivity contribution is -0.383. The van der Waals surface area contributed by atoms with Crippen LogP contribution in [-0.4, -0.2) is 20.4 Å². The standard InChI is InChI=1S/C19H13N3O5/c1-9-11-6-16-17-10(7-21(16)18(23)13(11)8-27-19(9)24)5-12-14(20-17)3-2-4-15(12)22(25)26/h2-6,9H,7-8H2,1H3. The van der Waals surface area contributed by atoms with Crippen LogP contribution in [0.15, 0.2) is 35.1 Å². The molecule has 0 spiro atoms. The molecule has 0 amide bonds. The normalized spacial score (nSPS) is 17.2. The van der Waals surface area contributed by atoms with Gasteiger partial charge >= 0.3 is 5.97 Å². The van der Waals surface area contributed by atoms with Gasteiger partial charge in [-0.05, 0) is 30.7 Å². The zero-order valence-electron chi connectivity index (χ0n) is 14.3. The second-order valence-electron chi connectivity index (χ2n) is 6.78. The van der Waals surface area contributed by atoms with Crippen molar-refractivity contribution >= 4 is 22.6 Å². The van der Waals surface area contributed by atoms with Crippen LogP contribution in [0.5, 0.6) is 0 Å². The van der Waals surface area contributed by atoms with Crippen LogP contribution in [0.4, 0.5) is 5.69 Å². The van der Waals surface area contributed by atoms with Crippen molar-refractivity contribution in [3.63, 3.8) is 0 Å². The Bertz CT molecular complexity index is 1240. The molecule has 2 aromatic heterocycles. The molecule has 3 aromatic rings. The van der Waals surface area contributed by atoms with Crippen molar-refractivity contribution in [1.82, 2.24) is 9.55 Å². The maximum absolute atomic E-state index is 12.9. The number of pyridine rings is 2. The number of nitrogens with zero attached hydrogens (tertiary/aromatic N) is 3. The summed E-state index contributed by atoms with van der Waals surface area (Å²) in [6.07, 6.45) is 0. The second kappa shape index (κ2) is 5.23. The van der Waals surface area contributed by atoms with Crippen LogP contribution in [0.25, 0.3) is 22.3 Å². The van der Waals surface area contributed by atoms with Crippen LogP contribution in [0.3, 0.4) is 0 Å². The van der Waals surface area contributed by atoms with Crippen molar-refractivity contribution in [2.75, 3.05) is 0 Å². The molecule has 8 nitrogen and oxygen atoms in total. The highest BCUT2D eigenvalue weighted by Gasteiger charge is 2.32. The molecule has 1 aromatic carbocycles. The maximum Gasteiger partial charge on any atom is 0.313 e. The van der Waals surface area contributed by atoms with Gasteiger partial charge in [0.15, 0.2) is 0 Å². The fraction of sp³-hybridized carbons (Fsp3) is 0.211. The van der Waals surface area contributed by atoms with Gasteiger partial charge in [-0.2, -0.15) is 0 Å². The average Bonchev–Trinajstić information content (AvgIpc) is 3.01. The molecule has 0 bridgehead atoms. The van der Waals surface area contributed by atoms with Gasteiger partial charge in [0.25, 0.3) is 11.2 Å². The van der Waals surface area contributed by atoms with Crippen molar-refractivity contribution in [3.05, 3.63) is 67.5 Å². The number of ether oxygens (including phenoxy) is 1. The van der Waals surface area contributed by atoms with E-state index in [2.05, 4.69) is 4.98 Å². The monoisotopic (exact) mass is 363 g/mol. The summed E-state index contributed by atoms with van der Waals surface area (Å²) in [5, 5.41) is 11.7. The summed E-state index contributed by atoms with van der Waals surface area (Å²) in [4.78, 5) is 40.3. The first-order valence-corrected chi connectivity index (χ1v) is 8.46. The molecule has 0 N–H and O–H groups in total. The average molecular weight is 363 g/mol. The Balaban J connectivity index is 1.78. The van der Waals surface area contributed by atoms with Crippen LogP contribution < -0.4 is 5.56 Å². The first-order valence-electron chi connectivity index (χ1n) is 8.46. The fourth-order valence-corrected chi connectivity index (χ4v) is 3.88. The minimum Gasteiger partial charge on any atom is -0.460 e. The molecule has 2 aliphatic rings. The van der Waals surface area contributed by atoms with E-state index in [0.29, 0.717) is 33.4 Å². The molecule has 5 rings (SSSR count). The number of esters is 1. The molecule has 0 saturated carbocycles. The molecule has 0 saturated heterocycles. The second-order valence-corrected chi connectivity index (χ2v) is 6.78. The molecule has 1 atom stereocenters. The van der Waals surface area contributed by atoms with Crippen molar-refractivity contribution in [2.45, 2.75) is 26.0 Å². The number of nitro benzene ring substituents is 1. The SMILES string of the molecule is CC1C(=O)OCc2c1cc1n(c2=O)Cc2cc3c([N+](=O)[O-])cccc3nc2-1. The predicted molar refractivity (Wildman–Crippen MR) is 95.4 cm³/mol. The van der Waals surface area contributed by atoms with Crippen LogP contribution in [0.1, 0.15) is 29.5 Å². The number of rotatable bonds is 1. The number of aromatic nitrogens is 2. The first kappa shape index (κ1) is 15.7. The van der Waals surface area contributed by atoms with Gasteiger partial charge in [-0.15, -0.1) is 0 Å². The molecular weight excluding hydrogens is 350 g/mol. The Morgan fingerprint density at radius 2 is 2.11 bits per heavy atom. The summed E-state index contributed by atoms with van der Waals surface area (Å²) in [6.45, 7) is 1.97. The van der Waals surface area contributed by atoms with E-state index in [1.807, 2.05) is 6.07 Å². The fourth-order valence-electron chi connectivity index (χ4n) is 3.88. The molecule has 27 heavy (non-hydrogen) atoms. The Morgan fingerprint density at radius 3 is 2.89 bits per heavy atom. The Kier molecular flexibility index (Phi) is 3.04. The van der Waals surface area contributed by atoms with E-state index in [4.69, 9.17) is 4.74 Å². The maximum atomic E-state index is 12.9. The number of hydrogen-bond acceptors (Lipinski definition) is 6. The Morgan fingerprint density at radius 1 is 1.30 bits per heavy atom. The first-order chi connectivity index (χ1) is 13.0. The van der Waals surface area contributed by atoms with Crippen LogP contribution >= 0.6 is 0 Å². The van der Waals surface area contributed by atoms with Crippen LogP contribution in [0, 0.1) is 10.1 Å². The Hall–Kier alpha value is -3.55. The number of nitro groups is 1. The number of benzene rings is 1. The van der Waals surface area contributed by atoms with Crippen LogP contribution in [-0.2, 0) is 22.7 Å². The van der Waals surface area contributed by atoms with Gasteiger partial charge in [-0.25, -0.2) is 4.98 Å². The van der Waals surface area contributed by atoms with E-state index in [-0.39, 0.29) is 30.4 Å². The third-order valence-electron chi connectivity index (χ3n) is 5.30. The lowest BCUT2D eigenvalue weighted by Crippen LogP contribution is -2.31. The quantitative estimate of drug-likeness (QED) is 0.292. The van der Waals surface area contributed by atoms with Crippen molar-refractivity contribution in [1.29, 1.82) is 0 Å². The number of fused-ring (bicyclic) bond motifs is 5. The van der Waals surface area contributed by atoms with E-state index in [9.17, 15) is 19.7 Å². The molecule has 134 valence electrons. The van der Waals surface area contributed by atoms with Crippen molar-refractivity contribution < 1.29 is 14.5 Å². The number of hydrogen-bond donors (Lipinski definition) is 0. The van der Waals surface area contributed by atoms with Gasteiger partial charge < -0.3 is 9.30 Å². The van der Waals surface area contributed by atoms with Gasteiger partial charge in [0.2, 0.25) is 0 Å². The largest absolute Gasteiger partial charge is 0.460 e. The summed E-state index contributed by atoms with van der Waals surface area (Å²) >= 11 is 0. The third-order valence-corrected chi connectivity index (χ3v) is 5.30. The molecule has 0 fully saturated rings. The van der Waals surface area contributed by atoms with E-state index < -0.39 is 10.8 Å². The zero-order chi connectivity index (χ0) is 18.9. The smallest absolute Gasteiger partial charge is 0.313 e. The van der Waals surface area contributed by atoms with E-state index in [1.54, 1.807) is 29.7 Å². The van der Waals surface area contributed by atoms with Crippen molar-refractivity contribution in [2.24, 2.45) is 0 Å².